The Balaban J connectivity index is 1.79. The van der Waals surface area contributed by atoms with Gasteiger partial charge >= 0.3 is 0 Å². The molecule has 1 aliphatic rings. The second kappa shape index (κ2) is 5.87. The van der Waals surface area contributed by atoms with E-state index in [1.165, 1.54) is 32.4 Å². The van der Waals surface area contributed by atoms with E-state index in [-0.39, 0.29) is 0 Å². The summed E-state index contributed by atoms with van der Waals surface area (Å²) in [6.07, 6.45) is 5.76. The summed E-state index contributed by atoms with van der Waals surface area (Å²) in [4.78, 5) is 6.78. The van der Waals surface area contributed by atoms with Crippen LogP contribution in [0.4, 0.5) is 11.5 Å². The van der Waals surface area contributed by atoms with Crippen molar-refractivity contribution in [2.75, 3.05) is 30.7 Å². The highest BCUT2D eigenvalue weighted by atomic mass is 15.2. The van der Waals surface area contributed by atoms with Crippen LogP contribution < -0.4 is 11.1 Å². The maximum absolute atomic E-state index is 5.61. The van der Waals surface area contributed by atoms with Crippen LogP contribution in [0.5, 0.6) is 0 Å². The van der Waals surface area contributed by atoms with Crippen molar-refractivity contribution >= 4 is 11.5 Å². The zero-order valence-electron chi connectivity index (χ0n) is 10.5. The quantitative estimate of drug-likeness (QED) is 0.836. The summed E-state index contributed by atoms with van der Waals surface area (Å²) in [5.41, 5.74) is 6.32. The Kier molecular flexibility index (Phi) is 4.20. The lowest BCUT2D eigenvalue weighted by molar-refractivity contribution is 0.223. The van der Waals surface area contributed by atoms with Crippen LogP contribution >= 0.6 is 0 Å². The summed E-state index contributed by atoms with van der Waals surface area (Å²) in [6, 6.07) is 4.23. The highest BCUT2D eigenvalue weighted by Gasteiger charge is 2.13. The second-order valence-corrected chi connectivity index (χ2v) is 4.88. The fraction of sp³-hybridized carbons (Fsp3) is 0.615. The molecule has 1 aliphatic heterocycles. The number of likely N-dealkylation sites (tertiary alicyclic amines) is 1. The molecule has 4 heteroatoms. The van der Waals surface area contributed by atoms with Crippen molar-refractivity contribution in [3.05, 3.63) is 18.3 Å². The number of nitrogen functional groups attached to an aromatic ring is 1. The minimum Gasteiger partial charge on any atom is -0.397 e. The van der Waals surface area contributed by atoms with Crippen LogP contribution in [0.2, 0.25) is 0 Å². The van der Waals surface area contributed by atoms with E-state index in [0.29, 0.717) is 11.7 Å². The van der Waals surface area contributed by atoms with Crippen LogP contribution in [-0.2, 0) is 0 Å². The van der Waals surface area contributed by atoms with Crippen molar-refractivity contribution in [2.45, 2.75) is 32.2 Å². The van der Waals surface area contributed by atoms with Gasteiger partial charge in [-0.25, -0.2) is 4.98 Å². The minimum atomic E-state index is 0.421. The fourth-order valence-corrected chi connectivity index (χ4v) is 2.32. The Morgan fingerprint density at radius 1 is 1.35 bits per heavy atom. The van der Waals surface area contributed by atoms with Crippen LogP contribution in [0.15, 0.2) is 18.3 Å². The SMILES string of the molecule is CC(CN1CCCCC1)Nc1ccc(N)cn1. The number of piperidine rings is 1. The number of nitrogens with one attached hydrogen (secondary N) is 1. The van der Waals surface area contributed by atoms with Gasteiger partial charge < -0.3 is 16.0 Å². The first-order chi connectivity index (χ1) is 8.24. The molecule has 1 saturated heterocycles. The molecule has 1 aromatic rings. The molecule has 3 N–H and O–H groups in total. The first-order valence-corrected chi connectivity index (χ1v) is 6.44. The van der Waals surface area contributed by atoms with Crippen LogP contribution in [0.1, 0.15) is 26.2 Å². The van der Waals surface area contributed by atoms with E-state index >= 15 is 0 Å². The number of anilines is 2. The summed E-state index contributed by atoms with van der Waals surface area (Å²) in [7, 11) is 0. The third kappa shape index (κ3) is 3.89. The zero-order chi connectivity index (χ0) is 12.1. The lowest BCUT2D eigenvalue weighted by atomic mass is 10.1. The summed E-state index contributed by atoms with van der Waals surface area (Å²) >= 11 is 0. The Morgan fingerprint density at radius 2 is 2.12 bits per heavy atom. The number of rotatable bonds is 4. The maximum Gasteiger partial charge on any atom is 0.126 e. The smallest absolute Gasteiger partial charge is 0.126 e. The minimum absolute atomic E-state index is 0.421. The highest BCUT2D eigenvalue weighted by Crippen LogP contribution is 2.11. The normalized spacial score (nSPS) is 18.9. The Morgan fingerprint density at radius 3 is 2.76 bits per heavy atom. The lowest BCUT2D eigenvalue weighted by Gasteiger charge is -2.29. The number of nitrogens with zero attached hydrogens (tertiary/aromatic N) is 2. The Labute approximate surface area is 103 Å². The van der Waals surface area contributed by atoms with Gasteiger partial charge in [-0.15, -0.1) is 0 Å². The molecule has 0 aliphatic carbocycles. The van der Waals surface area contributed by atoms with Gasteiger partial charge in [0.2, 0.25) is 0 Å². The molecule has 0 bridgehead atoms. The predicted octanol–water partition coefficient (Wildman–Crippen LogP) is 1.95. The van der Waals surface area contributed by atoms with E-state index in [0.717, 1.165) is 12.4 Å². The van der Waals surface area contributed by atoms with Crippen LogP contribution in [-0.4, -0.2) is 35.6 Å². The molecule has 1 aromatic heterocycles. The number of hydrogen-bond acceptors (Lipinski definition) is 4. The van der Waals surface area contributed by atoms with E-state index in [1.54, 1.807) is 6.20 Å². The fourth-order valence-electron chi connectivity index (χ4n) is 2.32. The molecule has 94 valence electrons. The molecule has 0 aromatic carbocycles. The summed E-state index contributed by atoms with van der Waals surface area (Å²) in [5.74, 6) is 0.906. The molecular weight excluding hydrogens is 212 g/mol. The first-order valence-electron chi connectivity index (χ1n) is 6.44. The molecule has 0 amide bonds. The monoisotopic (exact) mass is 234 g/mol. The van der Waals surface area contributed by atoms with Crippen LogP contribution in [0, 0.1) is 0 Å². The average Bonchev–Trinajstić information content (AvgIpc) is 2.33. The van der Waals surface area contributed by atoms with Gasteiger partial charge in [0.25, 0.3) is 0 Å². The van der Waals surface area contributed by atoms with Gasteiger partial charge in [0.1, 0.15) is 5.82 Å². The first kappa shape index (κ1) is 12.2. The Hall–Kier alpha value is -1.29. The van der Waals surface area contributed by atoms with Crippen molar-refractivity contribution in [2.24, 2.45) is 0 Å². The molecule has 4 nitrogen and oxygen atoms in total. The van der Waals surface area contributed by atoms with Crippen molar-refractivity contribution < 1.29 is 0 Å². The molecule has 1 atom stereocenters. The van der Waals surface area contributed by atoms with E-state index in [1.807, 2.05) is 12.1 Å². The topological polar surface area (TPSA) is 54.2 Å². The lowest BCUT2D eigenvalue weighted by Crippen LogP contribution is -2.38. The molecule has 0 spiro atoms. The van der Waals surface area contributed by atoms with Crippen molar-refractivity contribution in [1.82, 2.24) is 9.88 Å². The molecule has 2 heterocycles. The van der Waals surface area contributed by atoms with Gasteiger partial charge in [-0.05, 0) is 45.0 Å². The summed E-state index contributed by atoms with van der Waals surface area (Å²) in [5, 5.41) is 3.41. The molecule has 1 unspecified atom stereocenters. The van der Waals surface area contributed by atoms with E-state index in [2.05, 4.69) is 22.1 Å². The summed E-state index contributed by atoms with van der Waals surface area (Å²) in [6.45, 7) is 5.76. The van der Waals surface area contributed by atoms with Gasteiger partial charge in [0, 0.05) is 12.6 Å². The number of hydrogen-bond donors (Lipinski definition) is 2. The highest BCUT2D eigenvalue weighted by molar-refractivity contribution is 5.44. The van der Waals surface area contributed by atoms with Crippen molar-refractivity contribution in [1.29, 1.82) is 0 Å². The number of aromatic nitrogens is 1. The predicted molar refractivity (Wildman–Crippen MR) is 72.0 cm³/mol. The standard InChI is InChI=1S/C13H22N4/c1-11(10-17-7-3-2-4-8-17)16-13-6-5-12(14)9-15-13/h5-6,9,11H,2-4,7-8,10,14H2,1H3,(H,15,16). The number of pyridine rings is 1. The number of nitrogens with two attached hydrogens (primary N) is 1. The summed E-state index contributed by atoms with van der Waals surface area (Å²) < 4.78 is 0. The molecule has 0 radical (unpaired) electrons. The van der Waals surface area contributed by atoms with E-state index in [4.69, 9.17) is 5.73 Å². The maximum atomic E-state index is 5.61. The van der Waals surface area contributed by atoms with E-state index in [9.17, 15) is 0 Å². The third-order valence-corrected chi connectivity index (χ3v) is 3.16. The van der Waals surface area contributed by atoms with Crippen molar-refractivity contribution in [3.63, 3.8) is 0 Å². The molecule has 0 saturated carbocycles. The zero-order valence-corrected chi connectivity index (χ0v) is 10.5. The second-order valence-electron chi connectivity index (χ2n) is 4.88. The molecule has 2 rings (SSSR count). The van der Waals surface area contributed by atoms with Gasteiger partial charge in [0.05, 0.1) is 11.9 Å². The average molecular weight is 234 g/mol. The largest absolute Gasteiger partial charge is 0.397 e. The Bertz CT molecular complexity index is 330. The van der Waals surface area contributed by atoms with Gasteiger partial charge in [0.15, 0.2) is 0 Å². The van der Waals surface area contributed by atoms with Gasteiger partial charge in [-0.3, -0.25) is 0 Å². The molecular formula is C13H22N4. The molecule has 1 fully saturated rings. The van der Waals surface area contributed by atoms with Crippen molar-refractivity contribution in [3.8, 4) is 0 Å². The third-order valence-electron chi connectivity index (χ3n) is 3.16. The van der Waals surface area contributed by atoms with Gasteiger partial charge in [-0.1, -0.05) is 6.42 Å². The van der Waals surface area contributed by atoms with Gasteiger partial charge in [-0.2, -0.15) is 0 Å². The van der Waals surface area contributed by atoms with E-state index < -0.39 is 0 Å². The van der Waals surface area contributed by atoms with Crippen LogP contribution in [0.25, 0.3) is 0 Å². The molecule has 17 heavy (non-hydrogen) atoms. The van der Waals surface area contributed by atoms with Crippen LogP contribution in [0.3, 0.4) is 0 Å².